The zero-order valence-electron chi connectivity index (χ0n) is 24.2. The number of halogens is 1. The molecule has 11 heteroatoms. The zero-order valence-corrected chi connectivity index (χ0v) is 24.2. The van der Waals surface area contributed by atoms with E-state index in [1.54, 1.807) is 45.3 Å². The number of esters is 2. The molecule has 0 unspecified atom stereocenters. The molecule has 0 spiro atoms. The van der Waals surface area contributed by atoms with Crippen molar-refractivity contribution in [3.63, 3.8) is 0 Å². The van der Waals surface area contributed by atoms with Crippen LogP contribution in [0.25, 0.3) is 22.3 Å². The number of alkyl carbamates (subject to hydrolysis) is 1. The molecule has 1 aromatic carbocycles. The van der Waals surface area contributed by atoms with E-state index in [1.807, 2.05) is 0 Å². The van der Waals surface area contributed by atoms with Gasteiger partial charge in [-0.1, -0.05) is 6.92 Å². The van der Waals surface area contributed by atoms with E-state index in [1.165, 1.54) is 6.07 Å². The number of aryl methyl sites for hydroxylation is 2. The van der Waals surface area contributed by atoms with E-state index >= 15 is 0 Å². The van der Waals surface area contributed by atoms with Crippen molar-refractivity contribution < 1.29 is 33.0 Å². The van der Waals surface area contributed by atoms with Gasteiger partial charge in [-0.3, -0.25) is 9.59 Å². The fourth-order valence-corrected chi connectivity index (χ4v) is 6.36. The first kappa shape index (κ1) is 27.9. The minimum absolute atomic E-state index is 0.0169. The second-order valence-corrected chi connectivity index (χ2v) is 12.0. The van der Waals surface area contributed by atoms with Crippen LogP contribution in [-0.2, 0) is 55.4 Å². The van der Waals surface area contributed by atoms with Gasteiger partial charge in [-0.05, 0) is 76.1 Å². The molecule has 1 atom stereocenters. The molecule has 2 aromatic heterocycles. The summed E-state index contributed by atoms with van der Waals surface area (Å²) in [5.74, 6) is -2.03. The molecule has 42 heavy (non-hydrogen) atoms. The minimum atomic E-state index is -1.90. The maximum Gasteiger partial charge on any atom is 0.408 e. The van der Waals surface area contributed by atoms with Gasteiger partial charge in [-0.2, -0.15) is 0 Å². The number of fused-ring (bicyclic) bond motifs is 5. The van der Waals surface area contributed by atoms with Crippen LogP contribution in [0.5, 0.6) is 0 Å². The summed E-state index contributed by atoms with van der Waals surface area (Å²) >= 11 is 0. The Hall–Kier alpha value is -4.28. The Morgan fingerprint density at radius 3 is 2.60 bits per heavy atom. The number of benzene rings is 1. The molecule has 0 saturated carbocycles. The summed E-state index contributed by atoms with van der Waals surface area (Å²) in [6.45, 7) is 7.94. The Bertz CT molecular complexity index is 1770. The normalized spacial score (nSPS) is 18.6. The van der Waals surface area contributed by atoms with Crippen molar-refractivity contribution in [3.8, 4) is 11.4 Å². The molecule has 0 fully saturated rings. The molecule has 4 heterocycles. The van der Waals surface area contributed by atoms with Crippen LogP contribution < -0.4 is 10.9 Å². The molecule has 2 aliphatic heterocycles. The molecule has 6 rings (SSSR count). The Morgan fingerprint density at radius 2 is 1.88 bits per heavy atom. The maximum atomic E-state index is 14.9. The Balaban J connectivity index is 1.43. The number of hydrogen-bond acceptors (Lipinski definition) is 8. The second-order valence-electron chi connectivity index (χ2n) is 12.0. The van der Waals surface area contributed by atoms with Crippen LogP contribution in [0.2, 0.25) is 0 Å². The fraction of sp³-hybridized carbons (Fsp3) is 0.452. The molecule has 220 valence electrons. The lowest BCUT2D eigenvalue weighted by atomic mass is 9.84. The number of amides is 1. The molecule has 3 aliphatic rings. The lowest BCUT2D eigenvalue weighted by Crippen LogP contribution is -2.49. The smallest absolute Gasteiger partial charge is 0.408 e. The number of carbonyl (C=O) groups excluding carboxylic acids is 3. The lowest BCUT2D eigenvalue weighted by molar-refractivity contribution is -0.188. The predicted octanol–water partition coefficient (Wildman–Crippen LogP) is 4.09. The van der Waals surface area contributed by atoms with Crippen molar-refractivity contribution in [2.24, 2.45) is 0 Å². The molecule has 1 aliphatic carbocycles. The number of nitrogens with zero attached hydrogens (tertiary/aromatic N) is 2. The number of pyridine rings is 2. The third-order valence-electron chi connectivity index (χ3n) is 8.30. The summed E-state index contributed by atoms with van der Waals surface area (Å²) in [4.78, 5) is 56.9. The molecular formula is C31H32FN3O7. The summed E-state index contributed by atoms with van der Waals surface area (Å²) < 4.78 is 32.7. The number of ether oxygens (including phenoxy) is 3. The molecule has 3 aromatic rings. The largest absolute Gasteiger partial charge is 0.457 e. The fourth-order valence-electron chi connectivity index (χ4n) is 6.36. The monoisotopic (exact) mass is 577 g/mol. The van der Waals surface area contributed by atoms with E-state index in [9.17, 15) is 23.6 Å². The number of rotatable bonds is 4. The average molecular weight is 578 g/mol. The van der Waals surface area contributed by atoms with Crippen LogP contribution in [0.4, 0.5) is 9.18 Å². The van der Waals surface area contributed by atoms with Crippen molar-refractivity contribution in [3.05, 3.63) is 61.7 Å². The number of nitrogens with one attached hydrogen (secondary N) is 1. The van der Waals surface area contributed by atoms with E-state index in [0.717, 1.165) is 41.3 Å². The molecule has 0 saturated heterocycles. The van der Waals surface area contributed by atoms with Gasteiger partial charge >= 0.3 is 18.0 Å². The van der Waals surface area contributed by atoms with E-state index in [2.05, 4.69) is 5.32 Å². The van der Waals surface area contributed by atoms with E-state index in [-0.39, 0.29) is 42.1 Å². The summed E-state index contributed by atoms with van der Waals surface area (Å²) in [6, 6.07) is 3.11. The molecule has 0 bridgehead atoms. The topological polar surface area (TPSA) is 126 Å². The summed E-state index contributed by atoms with van der Waals surface area (Å²) in [7, 11) is 0. The van der Waals surface area contributed by atoms with Gasteiger partial charge in [-0.25, -0.2) is 19.0 Å². The first-order chi connectivity index (χ1) is 19.8. The van der Waals surface area contributed by atoms with Crippen molar-refractivity contribution in [1.82, 2.24) is 14.9 Å². The van der Waals surface area contributed by atoms with Crippen molar-refractivity contribution in [1.29, 1.82) is 0 Å². The first-order valence-electron chi connectivity index (χ1n) is 14.1. The molecule has 1 amide bonds. The number of carbonyl (C=O) groups is 3. The first-order valence-corrected chi connectivity index (χ1v) is 14.1. The maximum absolute atomic E-state index is 14.9. The summed E-state index contributed by atoms with van der Waals surface area (Å²) in [5.41, 5.74) is 2.49. The zero-order chi connectivity index (χ0) is 30.1. The van der Waals surface area contributed by atoms with Gasteiger partial charge in [0.2, 0.25) is 5.60 Å². The van der Waals surface area contributed by atoms with Gasteiger partial charge in [-0.15, -0.1) is 0 Å². The quantitative estimate of drug-likeness (QED) is 0.284. The van der Waals surface area contributed by atoms with Gasteiger partial charge in [0.05, 0.1) is 29.0 Å². The third kappa shape index (κ3) is 4.24. The van der Waals surface area contributed by atoms with Gasteiger partial charge < -0.3 is 24.1 Å². The van der Waals surface area contributed by atoms with Gasteiger partial charge in [0.25, 0.3) is 5.56 Å². The Morgan fingerprint density at radius 1 is 1.14 bits per heavy atom. The predicted molar refractivity (Wildman–Crippen MR) is 149 cm³/mol. The number of aromatic nitrogens is 2. The molecular weight excluding hydrogens is 545 g/mol. The van der Waals surface area contributed by atoms with Gasteiger partial charge in [0, 0.05) is 22.6 Å². The Kier molecular flexibility index (Phi) is 6.40. The van der Waals surface area contributed by atoms with Crippen molar-refractivity contribution >= 4 is 28.9 Å². The van der Waals surface area contributed by atoms with Crippen LogP contribution in [0, 0.1) is 12.7 Å². The molecule has 10 nitrogen and oxygen atoms in total. The summed E-state index contributed by atoms with van der Waals surface area (Å²) in [5, 5.41) is 3.28. The van der Waals surface area contributed by atoms with Gasteiger partial charge in [0.15, 0.2) is 0 Å². The van der Waals surface area contributed by atoms with Crippen LogP contribution in [0.3, 0.4) is 0 Å². The van der Waals surface area contributed by atoms with E-state index in [0.29, 0.717) is 22.5 Å². The minimum Gasteiger partial charge on any atom is -0.457 e. The van der Waals surface area contributed by atoms with Gasteiger partial charge in [0.1, 0.15) is 24.6 Å². The van der Waals surface area contributed by atoms with Crippen LogP contribution in [0.1, 0.15) is 73.9 Å². The van der Waals surface area contributed by atoms with Crippen molar-refractivity contribution in [2.45, 2.75) is 84.7 Å². The highest BCUT2D eigenvalue weighted by molar-refractivity contribution is 5.93. The molecule has 0 radical (unpaired) electrons. The highest BCUT2D eigenvalue weighted by Gasteiger charge is 2.50. The summed E-state index contributed by atoms with van der Waals surface area (Å²) in [6.07, 6.45) is 1.57. The number of cyclic esters (lactones) is 1. The Labute approximate surface area is 241 Å². The van der Waals surface area contributed by atoms with Crippen molar-refractivity contribution in [2.75, 3.05) is 6.54 Å². The lowest BCUT2D eigenvalue weighted by Gasteiger charge is -2.35. The average Bonchev–Trinajstić information content (AvgIpc) is 3.30. The van der Waals surface area contributed by atoms with Crippen LogP contribution in [0.15, 0.2) is 16.9 Å². The molecule has 1 N–H and O–H groups in total. The van der Waals surface area contributed by atoms with Crippen LogP contribution in [-0.4, -0.2) is 39.7 Å². The highest BCUT2D eigenvalue weighted by atomic mass is 19.1. The van der Waals surface area contributed by atoms with E-state index < -0.39 is 35.8 Å². The standard InChI is InChI=1S/C31H32FN3O7/c1-6-31(41-24(36)12-33-29(39)42-30(3,4)5)20-10-23-26-18(13-35(23)27(37)19(20)14-40-28(31)38)17-9-7-8-16-15(2)21(32)11-22(34-26)25(16)17/h10-11H,6-9,12-14H2,1-5H3,(H,33,39)/t31-/m0/s1. The number of hydrogen-bond donors (Lipinski definition) is 1. The third-order valence-corrected chi connectivity index (χ3v) is 8.30. The highest BCUT2D eigenvalue weighted by Crippen LogP contribution is 2.44. The van der Waals surface area contributed by atoms with Crippen LogP contribution >= 0.6 is 0 Å². The van der Waals surface area contributed by atoms with E-state index in [4.69, 9.17) is 19.2 Å². The second kappa shape index (κ2) is 9.64. The SMILES string of the molecule is CC[C@@]1(OC(=O)CNC(=O)OC(C)(C)C)C(=O)OCc2c1cc1n(c2=O)Cc2c-1nc1cc(F)c(C)c3c1c2CCC3.